The molecule has 2 rings (SSSR count). The van der Waals surface area contributed by atoms with Gasteiger partial charge in [-0.05, 0) is 24.1 Å². The molecular weight excluding hydrogens is 258 g/mol. The molecule has 0 amide bonds. The maximum atomic E-state index is 11.0. The van der Waals surface area contributed by atoms with E-state index in [-0.39, 0.29) is 4.75 Å². The van der Waals surface area contributed by atoms with Crippen LogP contribution in [0.3, 0.4) is 0 Å². The van der Waals surface area contributed by atoms with Gasteiger partial charge in [0.2, 0.25) is 0 Å². The Morgan fingerprint density at radius 1 is 1.42 bits per heavy atom. The molecular formula is C15H21NO2S. The van der Waals surface area contributed by atoms with Gasteiger partial charge < -0.3 is 10.0 Å². The normalized spacial score (nSPS) is 14.6. The first kappa shape index (κ1) is 14.3. The number of anilines is 1. The van der Waals surface area contributed by atoms with Gasteiger partial charge in [-0.15, -0.1) is 0 Å². The first-order valence-electron chi connectivity index (χ1n) is 6.62. The zero-order chi connectivity index (χ0) is 14.0. The predicted octanol–water partition coefficient (Wildman–Crippen LogP) is 3.28. The van der Waals surface area contributed by atoms with Crippen molar-refractivity contribution in [2.45, 2.75) is 31.9 Å². The van der Waals surface area contributed by atoms with Crippen LogP contribution >= 0.6 is 11.8 Å². The van der Waals surface area contributed by atoms with Gasteiger partial charge >= 0.3 is 5.97 Å². The van der Waals surface area contributed by atoms with Crippen LogP contribution in [0.2, 0.25) is 0 Å². The first-order chi connectivity index (χ1) is 8.87. The number of thioether (sulfide) groups is 1. The Morgan fingerprint density at radius 3 is 2.79 bits per heavy atom. The van der Waals surface area contributed by atoms with Gasteiger partial charge in [0.05, 0.1) is 5.56 Å². The number of benzene rings is 1. The van der Waals surface area contributed by atoms with Crippen molar-refractivity contribution < 1.29 is 9.90 Å². The van der Waals surface area contributed by atoms with Crippen LogP contribution in [-0.4, -0.2) is 34.7 Å². The summed E-state index contributed by atoms with van der Waals surface area (Å²) in [5.74, 6) is 0.221. The molecule has 0 spiro atoms. The largest absolute Gasteiger partial charge is 0.478 e. The van der Waals surface area contributed by atoms with Crippen molar-refractivity contribution in [1.29, 1.82) is 0 Å². The van der Waals surface area contributed by atoms with Gasteiger partial charge in [0.25, 0.3) is 0 Å². The van der Waals surface area contributed by atoms with Crippen molar-refractivity contribution in [1.82, 2.24) is 0 Å². The summed E-state index contributed by atoms with van der Waals surface area (Å²) < 4.78 is 0.283. The van der Waals surface area contributed by atoms with Crippen molar-refractivity contribution in [2.75, 3.05) is 23.7 Å². The molecule has 0 saturated carbocycles. The smallest absolute Gasteiger partial charge is 0.335 e. The van der Waals surface area contributed by atoms with E-state index in [0.717, 1.165) is 31.0 Å². The van der Waals surface area contributed by atoms with Gasteiger partial charge in [-0.25, -0.2) is 4.79 Å². The highest BCUT2D eigenvalue weighted by Crippen LogP contribution is 2.30. The summed E-state index contributed by atoms with van der Waals surface area (Å²) in [5.41, 5.74) is 2.76. The van der Waals surface area contributed by atoms with Gasteiger partial charge in [-0.1, -0.05) is 26.8 Å². The van der Waals surface area contributed by atoms with Crippen molar-refractivity contribution >= 4 is 23.4 Å². The molecule has 1 heterocycles. The number of hydrogen-bond acceptors (Lipinski definition) is 3. The molecule has 1 aromatic carbocycles. The summed E-state index contributed by atoms with van der Waals surface area (Å²) in [5, 5.41) is 9.06. The second kappa shape index (κ2) is 5.45. The second-order valence-electron chi connectivity index (χ2n) is 5.85. The van der Waals surface area contributed by atoms with E-state index in [1.165, 1.54) is 5.56 Å². The van der Waals surface area contributed by atoms with Crippen LogP contribution in [0.15, 0.2) is 18.2 Å². The van der Waals surface area contributed by atoms with E-state index >= 15 is 0 Å². The van der Waals surface area contributed by atoms with E-state index in [0.29, 0.717) is 5.56 Å². The molecule has 0 unspecified atom stereocenters. The fraction of sp³-hybridized carbons (Fsp3) is 0.533. The van der Waals surface area contributed by atoms with Gasteiger partial charge in [-0.3, -0.25) is 0 Å². The minimum atomic E-state index is -0.848. The summed E-state index contributed by atoms with van der Waals surface area (Å²) in [6.45, 7) is 8.65. The minimum Gasteiger partial charge on any atom is -0.478 e. The Morgan fingerprint density at radius 2 is 2.16 bits per heavy atom. The molecule has 0 aliphatic carbocycles. The van der Waals surface area contributed by atoms with E-state index in [2.05, 4.69) is 25.7 Å². The third kappa shape index (κ3) is 3.66. The van der Waals surface area contributed by atoms with Crippen LogP contribution in [-0.2, 0) is 6.42 Å². The molecule has 0 saturated heterocycles. The highest BCUT2D eigenvalue weighted by atomic mass is 32.2. The van der Waals surface area contributed by atoms with Gasteiger partial charge in [0.1, 0.15) is 0 Å². The van der Waals surface area contributed by atoms with Crippen molar-refractivity contribution in [2.24, 2.45) is 0 Å². The number of carboxylic acid groups (broad SMARTS) is 1. The first-order valence-corrected chi connectivity index (χ1v) is 7.60. The van der Waals surface area contributed by atoms with E-state index in [4.69, 9.17) is 5.11 Å². The Hall–Kier alpha value is -1.16. The molecule has 0 bridgehead atoms. The Balaban J connectivity index is 2.04. The topological polar surface area (TPSA) is 40.5 Å². The summed E-state index contributed by atoms with van der Waals surface area (Å²) in [4.78, 5) is 13.3. The molecule has 0 radical (unpaired) electrons. The SMILES string of the molecule is CC(C)(C)SCCN1CCc2ccc(C(=O)O)cc21. The lowest BCUT2D eigenvalue weighted by Crippen LogP contribution is -2.25. The molecule has 0 atom stereocenters. The molecule has 0 aromatic heterocycles. The minimum absolute atomic E-state index is 0.283. The van der Waals surface area contributed by atoms with Crippen LogP contribution < -0.4 is 4.90 Å². The average Bonchev–Trinajstić information content (AvgIpc) is 2.70. The third-order valence-corrected chi connectivity index (χ3v) is 4.47. The van der Waals surface area contributed by atoms with Crippen LogP contribution in [0.5, 0.6) is 0 Å². The van der Waals surface area contributed by atoms with Crippen LogP contribution in [0.1, 0.15) is 36.7 Å². The van der Waals surface area contributed by atoms with E-state index in [9.17, 15) is 4.79 Å². The fourth-order valence-corrected chi connectivity index (χ4v) is 3.20. The molecule has 1 aliphatic rings. The number of fused-ring (bicyclic) bond motifs is 1. The average molecular weight is 279 g/mol. The predicted molar refractivity (Wildman–Crippen MR) is 81.5 cm³/mol. The number of hydrogen-bond donors (Lipinski definition) is 1. The Bertz CT molecular complexity index is 480. The number of carboxylic acids is 1. The third-order valence-electron chi connectivity index (χ3n) is 3.22. The number of aromatic carboxylic acids is 1. The van der Waals surface area contributed by atoms with Crippen molar-refractivity contribution in [3.63, 3.8) is 0 Å². The zero-order valence-electron chi connectivity index (χ0n) is 11.8. The van der Waals surface area contributed by atoms with E-state index in [1.54, 1.807) is 6.07 Å². The Kier molecular flexibility index (Phi) is 4.09. The van der Waals surface area contributed by atoms with Crippen LogP contribution in [0.4, 0.5) is 5.69 Å². The standard InChI is InChI=1S/C15H21NO2S/c1-15(2,3)19-9-8-16-7-6-11-4-5-12(14(17)18)10-13(11)16/h4-5,10H,6-9H2,1-3H3,(H,17,18). The van der Waals surface area contributed by atoms with Gasteiger partial charge in [0, 0.05) is 29.3 Å². The van der Waals surface area contributed by atoms with Crippen LogP contribution in [0.25, 0.3) is 0 Å². The highest BCUT2D eigenvalue weighted by molar-refractivity contribution is 8.00. The summed E-state index contributed by atoms with van der Waals surface area (Å²) in [7, 11) is 0. The monoisotopic (exact) mass is 279 g/mol. The fourth-order valence-electron chi connectivity index (χ4n) is 2.27. The van der Waals surface area contributed by atoms with Crippen molar-refractivity contribution in [3.05, 3.63) is 29.3 Å². The molecule has 0 fully saturated rings. The molecule has 19 heavy (non-hydrogen) atoms. The quantitative estimate of drug-likeness (QED) is 0.918. The number of nitrogens with zero attached hydrogens (tertiary/aromatic N) is 1. The molecule has 4 heteroatoms. The Labute approximate surface area is 119 Å². The maximum absolute atomic E-state index is 11.0. The molecule has 1 aromatic rings. The molecule has 1 N–H and O–H groups in total. The summed E-state index contributed by atoms with van der Waals surface area (Å²) in [6, 6.07) is 5.47. The van der Waals surface area contributed by atoms with Crippen molar-refractivity contribution in [3.8, 4) is 0 Å². The molecule has 1 aliphatic heterocycles. The number of carbonyl (C=O) groups is 1. The van der Waals surface area contributed by atoms with E-state index in [1.807, 2.05) is 23.9 Å². The molecule has 3 nitrogen and oxygen atoms in total. The lowest BCUT2D eigenvalue weighted by molar-refractivity contribution is 0.0697. The number of rotatable bonds is 4. The second-order valence-corrected chi connectivity index (χ2v) is 7.77. The van der Waals surface area contributed by atoms with Gasteiger partial charge in [-0.2, -0.15) is 11.8 Å². The summed E-state index contributed by atoms with van der Waals surface area (Å²) in [6.07, 6.45) is 1.02. The van der Waals surface area contributed by atoms with Crippen LogP contribution in [0, 0.1) is 0 Å². The lowest BCUT2D eigenvalue weighted by Gasteiger charge is -2.23. The zero-order valence-corrected chi connectivity index (χ0v) is 12.6. The lowest BCUT2D eigenvalue weighted by atomic mass is 10.1. The molecule has 104 valence electrons. The van der Waals surface area contributed by atoms with Gasteiger partial charge in [0.15, 0.2) is 0 Å². The maximum Gasteiger partial charge on any atom is 0.335 e. The van der Waals surface area contributed by atoms with E-state index < -0.39 is 5.97 Å². The summed E-state index contributed by atoms with van der Waals surface area (Å²) >= 11 is 1.95. The highest BCUT2D eigenvalue weighted by Gasteiger charge is 2.21.